The fourth-order valence-electron chi connectivity index (χ4n) is 4.37. The highest BCUT2D eigenvalue weighted by Gasteiger charge is 2.25. The van der Waals surface area contributed by atoms with E-state index in [4.69, 9.17) is 10.1 Å². The van der Waals surface area contributed by atoms with E-state index >= 15 is 0 Å². The van der Waals surface area contributed by atoms with Crippen LogP contribution in [-0.2, 0) is 11.2 Å². The minimum Gasteiger partial charge on any atom is -0.364 e. The molecule has 0 spiro atoms. The van der Waals surface area contributed by atoms with Gasteiger partial charge < -0.3 is 15.1 Å². The van der Waals surface area contributed by atoms with Crippen LogP contribution in [0.25, 0.3) is 16.2 Å². The summed E-state index contributed by atoms with van der Waals surface area (Å²) in [7, 11) is 1.94. The Bertz CT molecular complexity index is 1140. The third kappa shape index (κ3) is 5.95. The Morgan fingerprint density at radius 1 is 1.11 bits per heavy atom. The van der Waals surface area contributed by atoms with Gasteiger partial charge in [-0.15, -0.1) is 5.10 Å². The van der Waals surface area contributed by atoms with Gasteiger partial charge in [-0.25, -0.2) is 4.98 Å². The SMILES string of the molecule is CCCN1CCN(C(=O)CN(C)c2nn3c(NC(C)(C)C)c(-c4ccc(CC)cc4)nc3s2)CC1. The zero-order chi connectivity index (χ0) is 25.2. The van der Waals surface area contributed by atoms with Gasteiger partial charge in [-0.3, -0.25) is 9.69 Å². The lowest BCUT2D eigenvalue weighted by Gasteiger charge is -2.35. The molecule has 9 heteroatoms. The smallest absolute Gasteiger partial charge is 0.242 e. The second-order valence-corrected chi connectivity index (χ2v) is 11.3. The maximum Gasteiger partial charge on any atom is 0.242 e. The topological polar surface area (TPSA) is 69.0 Å². The molecule has 0 unspecified atom stereocenters. The Morgan fingerprint density at radius 2 is 1.80 bits per heavy atom. The molecule has 2 aromatic heterocycles. The molecule has 1 aliphatic heterocycles. The van der Waals surface area contributed by atoms with Crippen LogP contribution in [0.5, 0.6) is 0 Å². The average Bonchev–Trinajstić information content (AvgIpc) is 3.38. The number of imidazole rings is 1. The van der Waals surface area contributed by atoms with Crippen molar-refractivity contribution in [3.05, 3.63) is 29.8 Å². The van der Waals surface area contributed by atoms with Gasteiger partial charge in [0.1, 0.15) is 5.69 Å². The fraction of sp³-hybridized carbons (Fsp3) is 0.577. The molecule has 0 radical (unpaired) electrons. The van der Waals surface area contributed by atoms with Gasteiger partial charge in [0.25, 0.3) is 0 Å². The first-order chi connectivity index (χ1) is 16.7. The molecule has 1 fully saturated rings. The number of hydrogen-bond donors (Lipinski definition) is 1. The number of hydrogen-bond acceptors (Lipinski definition) is 7. The molecular weight excluding hydrogens is 458 g/mol. The number of piperazine rings is 1. The number of nitrogens with one attached hydrogen (secondary N) is 1. The standard InChI is InChI=1S/C26H39N7OS/c1-7-13-31-14-16-32(17-15-31)21(34)18-30(6)25-29-33-23(28-26(3,4)5)22(27-24(33)35-25)20-11-9-19(8-2)10-12-20/h9-12,28H,7-8,13-18H2,1-6H3. The van der Waals surface area contributed by atoms with Crippen LogP contribution in [0.4, 0.5) is 10.9 Å². The van der Waals surface area contributed by atoms with E-state index in [1.54, 1.807) is 0 Å². The Hall–Kier alpha value is -2.65. The van der Waals surface area contributed by atoms with Gasteiger partial charge in [0, 0.05) is 44.3 Å². The van der Waals surface area contributed by atoms with E-state index in [2.05, 4.69) is 69.1 Å². The number of carbonyl (C=O) groups is 1. The number of aromatic nitrogens is 3. The minimum atomic E-state index is -0.153. The van der Waals surface area contributed by atoms with Gasteiger partial charge in [-0.1, -0.05) is 49.4 Å². The molecule has 1 aliphatic rings. The number of anilines is 2. The molecule has 4 rings (SSSR count). The highest BCUT2D eigenvalue weighted by Crippen LogP contribution is 2.34. The first kappa shape index (κ1) is 25.4. The fourth-order valence-corrected chi connectivity index (χ4v) is 5.23. The maximum absolute atomic E-state index is 13.0. The Balaban J connectivity index is 1.54. The molecular formula is C26H39N7OS. The number of nitrogens with zero attached hydrogens (tertiary/aromatic N) is 6. The summed E-state index contributed by atoms with van der Waals surface area (Å²) in [6.07, 6.45) is 2.16. The van der Waals surface area contributed by atoms with Gasteiger partial charge in [0.05, 0.1) is 6.54 Å². The number of likely N-dealkylation sites (N-methyl/N-ethyl adjacent to an activating group) is 1. The van der Waals surface area contributed by atoms with E-state index in [-0.39, 0.29) is 11.4 Å². The van der Waals surface area contributed by atoms with Crippen LogP contribution < -0.4 is 10.2 Å². The average molecular weight is 498 g/mol. The first-order valence-corrected chi connectivity index (χ1v) is 13.5. The molecule has 0 atom stereocenters. The highest BCUT2D eigenvalue weighted by molar-refractivity contribution is 7.20. The summed E-state index contributed by atoms with van der Waals surface area (Å²) in [5.41, 5.74) is 3.12. The zero-order valence-electron chi connectivity index (χ0n) is 22.0. The Morgan fingerprint density at radius 3 is 2.40 bits per heavy atom. The molecule has 190 valence electrons. The number of amides is 1. The number of benzene rings is 1. The molecule has 1 aromatic carbocycles. The molecule has 35 heavy (non-hydrogen) atoms. The van der Waals surface area contributed by atoms with Crippen LogP contribution in [-0.4, -0.2) is 82.2 Å². The van der Waals surface area contributed by atoms with Crippen LogP contribution in [0.2, 0.25) is 0 Å². The van der Waals surface area contributed by atoms with Gasteiger partial charge in [-0.2, -0.15) is 4.52 Å². The van der Waals surface area contributed by atoms with E-state index in [0.717, 1.165) is 72.7 Å². The van der Waals surface area contributed by atoms with Crippen molar-refractivity contribution >= 4 is 33.2 Å². The second kappa shape index (κ2) is 10.5. The quantitative estimate of drug-likeness (QED) is 0.503. The largest absolute Gasteiger partial charge is 0.364 e. The molecule has 0 bridgehead atoms. The zero-order valence-corrected chi connectivity index (χ0v) is 22.8. The number of rotatable bonds is 8. The second-order valence-electron chi connectivity index (χ2n) is 10.4. The van der Waals surface area contributed by atoms with E-state index in [0.29, 0.717) is 6.54 Å². The lowest BCUT2D eigenvalue weighted by molar-refractivity contribution is -0.131. The molecule has 1 saturated heterocycles. The van der Waals surface area contributed by atoms with Crippen molar-refractivity contribution in [3.8, 4) is 11.3 Å². The van der Waals surface area contributed by atoms with Crippen LogP contribution in [0.1, 0.15) is 46.6 Å². The van der Waals surface area contributed by atoms with Crippen molar-refractivity contribution in [2.45, 2.75) is 53.0 Å². The normalized spacial score (nSPS) is 15.1. The third-order valence-electron chi connectivity index (χ3n) is 6.29. The van der Waals surface area contributed by atoms with Crippen LogP contribution >= 0.6 is 11.3 Å². The number of fused-ring (bicyclic) bond motifs is 1. The molecule has 1 N–H and O–H groups in total. The lowest BCUT2D eigenvalue weighted by atomic mass is 10.1. The van der Waals surface area contributed by atoms with Crippen molar-refractivity contribution in [1.29, 1.82) is 0 Å². The summed E-state index contributed by atoms with van der Waals surface area (Å²) in [6, 6.07) is 8.57. The summed E-state index contributed by atoms with van der Waals surface area (Å²) in [5.74, 6) is 1.03. The highest BCUT2D eigenvalue weighted by atomic mass is 32.1. The summed E-state index contributed by atoms with van der Waals surface area (Å²) >= 11 is 1.51. The summed E-state index contributed by atoms with van der Waals surface area (Å²) in [6.45, 7) is 15.7. The summed E-state index contributed by atoms with van der Waals surface area (Å²) < 4.78 is 1.89. The van der Waals surface area contributed by atoms with Gasteiger partial charge in [0.15, 0.2) is 5.82 Å². The third-order valence-corrected chi connectivity index (χ3v) is 7.31. The first-order valence-electron chi connectivity index (χ1n) is 12.7. The van der Waals surface area contributed by atoms with Gasteiger partial charge >= 0.3 is 0 Å². The molecule has 0 saturated carbocycles. The van der Waals surface area contributed by atoms with Crippen molar-refractivity contribution in [1.82, 2.24) is 24.4 Å². The number of carbonyl (C=O) groups excluding carboxylic acids is 1. The lowest BCUT2D eigenvalue weighted by Crippen LogP contribution is -2.51. The van der Waals surface area contributed by atoms with Crippen molar-refractivity contribution in [2.75, 3.05) is 56.5 Å². The number of aryl methyl sites for hydroxylation is 1. The van der Waals surface area contributed by atoms with E-state index < -0.39 is 0 Å². The van der Waals surface area contributed by atoms with E-state index in [9.17, 15) is 4.79 Å². The monoisotopic (exact) mass is 497 g/mol. The molecule has 1 amide bonds. The Kier molecular flexibility index (Phi) is 7.66. The molecule has 3 aromatic rings. The van der Waals surface area contributed by atoms with Crippen LogP contribution in [0.15, 0.2) is 24.3 Å². The van der Waals surface area contributed by atoms with Gasteiger partial charge in [-0.05, 0) is 45.7 Å². The summed E-state index contributed by atoms with van der Waals surface area (Å²) in [5, 5.41) is 9.26. The predicted molar refractivity (Wildman–Crippen MR) is 146 cm³/mol. The molecule has 3 heterocycles. The maximum atomic E-state index is 13.0. The van der Waals surface area contributed by atoms with Crippen molar-refractivity contribution in [3.63, 3.8) is 0 Å². The molecule has 0 aliphatic carbocycles. The minimum absolute atomic E-state index is 0.153. The predicted octanol–water partition coefficient (Wildman–Crippen LogP) is 4.22. The Labute approximate surface area is 212 Å². The van der Waals surface area contributed by atoms with E-state index in [1.807, 2.05) is 21.4 Å². The van der Waals surface area contributed by atoms with Crippen LogP contribution in [0.3, 0.4) is 0 Å². The van der Waals surface area contributed by atoms with E-state index in [1.165, 1.54) is 16.9 Å². The van der Waals surface area contributed by atoms with Crippen molar-refractivity contribution < 1.29 is 4.79 Å². The van der Waals surface area contributed by atoms with Crippen LogP contribution in [0, 0.1) is 0 Å². The van der Waals surface area contributed by atoms with Gasteiger partial charge in [0.2, 0.25) is 16.0 Å². The molecule has 8 nitrogen and oxygen atoms in total. The summed E-state index contributed by atoms with van der Waals surface area (Å²) in [4.78, 5) is 25.1. The van der Waals surface area contributed by atoms with Crippen molar-refractivity contribution in [2.24, 2.45) is 0 Å².